The van der Waals surface area contributed by atoms with Gasteiger partial charge in [0.05, 0.1) is 5.02 Å². The maximum absolute atomic E-state index is 12.8. The number of furan rings is 1. The fourth-order valence-corrected chi connectivity index (χ4v) is 4.53. The third kappa shape index (κ3) is 3.31. The number of nitrogens with zero attached hydrogens (tertiary/aromatic N) is 3. The Morgan fingerprint density at radius 1 is 1.03 bits per heavy atom. The van der Waals surface area contributed by atoms with Crippen molar-refractivity contribution in [3.8, 4) is 22.7 Å². The third-order valence-corrected chi connectivity index (χ3v) is 6.32. The highest BCUT2D eigenvalue weighted by atomic mass is 79.9. The zero-order valence-corrected chi connectivity index (χ0v) is 17.8. The molecule has 5 rings (SSSR count). The van der Waals surface area contributed by atoms with Gasteiger partial charge in [0.1, 0.15) is 16.1 Å². The van der Waals surface area contributed by atoms with Gasteiger partial charge in [-0.1, -0.05) is 63.1 Å². The zero-order chi connectivity index (χ0) is 20.0. The van der Waals surface area contributed by atoms with Crippen LogP contribution in [0.3, 0.4) is 0 Å². The molecule has 5 nitrogen and oxygen atoms in total. The Morgan fingerprint density at radius 2 is 1.79 bits per heavy atom. The molecule has 8 heteroatoms. The van der Waals surface area contributed by atoms with E-state index in [0.29, 0.717) is 31.9 Å². The highest BCUT2D eigenvalue weighted by molar-refractivity contribution is 9.10. The first-order valence-electron chi connectivity index (χ1n) is 8.61. The summed E-state index contributed by atoms with van der Waals surface area (Å²) in [6.07, 6.45) is 1.70. The molecule has 0 spiro atoms. The molecule has 0 aliphatic rings. The van der Waals surface area contributed by atoms with Crippen molar-refractivity contribution in [3.05, 3.63) is 90.8 Å². The molecule has 0 unspecified atom stereocenters. The Labute approximate surface area is 182 Å². The van der Waals surface area contributed by atoms with Crippen molar-refractivity contribution < 1.29 is 4.42 Å². The van der Waals surface area contributed by atoms with Crippen LogP contribution >= 0.6 is 38.9 Å². The van der Waals surface area contributed by atoms with E-state index < -0.39 is 0 Å². The van der Waals surface area contributed by atoms with Crippen LogP contribution in [0.5, 0.6) is 0 Å². The molecule has 3 aromatic heterocycles. The van der Waals surface area contributed by atoms with Crippen LogP contribution in [0.25, 0.3) is 33.7 Å². The number of hydrogen-bond acceptors (Lipinski definition) is 5. The number of aromatic nitrogens is 3. The highest BCUT2D eigenvalue weighted by Gasteiger charge is 2.14. The van der Waals surface area contributed by atoms with Gasteiger partial charge in [0.25, 0.3) is 5.56 Å². The fourth-order valence-electron chi connectivity index (χ4n) is 2.96. The molecule has 0 amide bonds. The number of thiazole rings is 1. The van der Waals surface area contributed by atoms with E-state index in [1.54, 1.807) is 18.2 Å². The number of halogens is 2. The lowest BCUT2D eigenvalue weighted by Gasteiger charge is -1.98. The minimum absolute atomic E-state index is 0.230. The van der Waals surface area contributed by atoms with Gasteiger partial charge in [-0.25, -0.2) is 0 Å². The Kier molecular flexibility index (Phi) is 4.58. The second-order valence-electron chi connectivity index (χ2n) is 6.21. The second kappa shape index (κ2) is 7.26. The van der Waals surface area contributed by atoms with Crippen LogP contribution < -0.4 is 10.1 Å². The smallest absolute Gasteiger partial charge is 0.291 e. The van der Waals surface area contributed by atoms with Crippen molar-refractivity contribution in [3.63, 3.8) is 0 Å². The number of fused-ring (bicyclic) bond motifs is 1. The lowest BCUT2D eigenvalue weighted by Crippen LogP contribution is -2.23. The summed E-state index contributed by atoms with van der Waals surface area (Å²) in [6.45, 7) is 0. The predicted octanol–water partition coefficient (Wildman–Crippen LogP) is 5.04. The third-order valence-electron chi connectivity index (χ3n) is 4.34. The molecular weight excluding hydrogens is 474 g/mol. The number of benzene rings is 2. The first-order chi connectivity index (χ1) is 14.1. The van der Waals surface area contributed by atoms with Crippen LogP contribution in [-0.4, -0.2) is 14.6 Å². The quantitative estimate of drug-likeness (QED) is 0.360. The molecule has 0 atom stereocenters. The van der Waals surface area contributed by atoms with Crippen molar-refractivity contribution in [1.29, 1.82) is 0 Å². The van der Waals surface area contributed by atoms with E-state index in [9.17, 15) is 4.79 Å². The molecule has 0 radical (unpaired) electrons. The molecule has 29 heavy (non-hydrogen) atoms. The van der Waals surface area contributed by atoms with Gasteiger partial charge in [0.15, 0.2) is 5.82 Å². The van der Waals surface area contributed by atoms with Crippen LogP contribution in [0.1, 0.15) is 5.76 Å². The molecule has 0 saturated heterocycles. The monoisotopic (exact) mass is 483 g/mol. The summed E-state index contributed by atoms with van der Waals surface area (Å²) in [7, 11) is 0. The average Bonchev–Trinajstić information content (AvgIpc) is 3.41. The zero-order valence-electron chi connectivity index (χ0n) is 14.7. The molecule has 0 fully saturated rings. The lowest BCUT2D eigenvalue weighted by molar-refractivity contribution is 0.571. The van der Waals surface area contributed by atoms with Crippen LogP contribution in [0.4, 0.5) is 0 Å². The largest absolute Gasteiger partial charge is 0.457 e. The molecular formula is C21H11BrClN3O2S. The molecule has 0 bridgehead atoms. The Balaban J connectivity index is 1.55. The van der Waals surface area contributed by atoms with Crippen LogP contribution in [-0.2, 0) is 0 Å². The van der Waals surface area contributed by atoms with E-state index in [2.05, 4.69) is 26.0 Å². The van der Waals surface area contributed by atoms with Crippen LogP contribution in [0, 0.1) is 0 Å². The highest BCUT2D eigenvalue weighted by Crippen LogP contribution is 2.29. The summed E-state index contributed by atoms with van der Waals surface area (Å²) in [5.74, 6) is 1.71. The maximum atomic E-state index is 12.8. The van der Waals surface area contributed by atoms with E-state index in [1.165, 1.54) is 15.9 Å². The van der Waals surface area contributed by atoms with Gasteiger partial charge in [-0.05, 0) is 36.4 Å². The SMILES string of the molecule is O=c1/c(=C/c2ccc(-c3ccccc3Cl)o2)sc2nc(-c3ccccc3Br)nn12. The molecule has 0 aliphatic carbocycles. The maximum Gasteiger partial charge on any atom is 0.291 e. The molecule has 2 aromatic carbocycles. The number of hydrogen-bond donors (Lipinski definition) is 0. The van der Waals surface area contributed by atoms with Gasteiger partial charge in [0, 0.05) is 21.7 Å². The Bertz CT molecular complexity index is 1470. The molecule has 0 N–H and O–H groups in total. The summed E-state index contributed by atoms with van der Waals surface area (Å²) >= 11 is 11.0. The van der Waals surface area contributed by atoms with Gasteiger partial charge in [0.2, 0.25) is 4.96 Å². The Morgan fingerprint density at radius 3 is 2.55 bits per heavy atom. The van der Waals surface area contributed by atoms with Gasteiger partial charge in [-0.15, -0.1) is 5.10 Å². The van der Waals surface area contributed by atoms with Gasteiger partial charge >= 0.3 is 0 Å². The fraction of sp³-hybridized carbons (Fsp3) is 0. The minimum atomic E-state index is -0.230. The molecule has 0 saturated carbocycles. The summed E-state index contributed by atoms with van der Waals surface area (Å²) in [5.41, 5.74) is 1.41. The molecule has 142 valence electrons. The van der Waals surface area contributed by atoms with Crippen molar-refractivity contribution in [1.82, 2.24) is 14.6 Å². The van der Waals surface area contributed by atoms with Crippen LogP contribution in [0.15, 0.2) is 74.3 Å². The molecule has 3 heterocycles. The molecule has 5 aromatic rings. The van der Waals surface area contributed by atoms with E-state index >= 15 is 0 Å². The summed E-state index contributed by atoms with van der Waals surface area (Å²) in [5, 5.41) is 4.98. The van der Waals surface area contributed by atoms with Gasteiger partial charge in [-0.3, -0.25) is 4.79 Å². The second-order valence-corrected chi connectivity index (χ2v) is 8.48. The minimum Gasteiger partial charge on any atom is -0.457 e. The van der Waals surface area contributed by atoms with Crippen molar-refractivity contribution in [2.45, 2.75) is 0 Å². The summed E-state index contributed by atoms with van der Waals surface area (Å²) in [4.78, 5) is 17.8. The first kappa shape index (κ1) is 18.3. The normalized spacial score (nSPS) is 12.1. The first-order valence-corrected chi connectivity index (χ1v) is 10.6. The Hall–Kier alpha value is -2.74. The summed E-state index contributed by atoms with van der Waals surface area (Å²) < 4.78 is 8.56. The van der Waals surface area contributed by atoms with E-state index in [4.69, 9.17) is 16.0 Å². The van der Waals surface area contributed by atoms with E-state index in [0.717, 1.165) is 15.6 Å². The average molecular weight is 485 g/mol. The lowest BCUT2D eigenvalue weighted by atomic mass is 10.2. The van der Waals surface area contributed by atoms with Crippen LogP contribution in [0.2, 0.25) is 5.02 Å². The van der Waals surface area contributed by atoms with Gasteiger partial charge in [-0.2, -0.15) is 9.50 Å². The summed E-state index contributed by atoms with van der Waals surface area (Å²) in [6, 6.07) is 18.7. The standard InChI is InChI=1S/C21H11BrClN3O2S/c22-15-7-3-1-5-13(15)19-24-21-26(25-19)20(27)18(29-21)11-12-9-10-17(28-12)14-6-2-4-8-16(14)23/h1-11H/b18-11-. The topological polar surface area (TPSA) is 60.4 Å². The van der Waals surface area contributed by atoms with Crippen molar-refractivity contribution >= 4 is 49.9 Å². The molecule has 0 aliphatic heterocycles. The van der Waals surface area contributed by atoms with E-state index in [1.807, 2.05) is 48.5 Å². The van der Waals surface area contributed by atoms with Crippen molar-refractivity contribution in [2.24, 2.45) is 0 Å². The predicted molar refractivity (Wildman–Crippen MR) is 118 cm³/mol. The van der Waals surface area contributed by atoms with E-state index in [-0.39, 0.29) is 5.56 Å². The number of rotatable bonds is 3. The van der Waals surface area contributed by atoms with Crippen molar-refractivity contribution in [2.75, 3.05) is 0 Å². The van der Waals surface area contributed by atoms with Gasteiger partial charge < -0.3 is 4.42 Å².